The van der Waals surface area contributed by atoms with Gasteiger partial charge in [-0.2, -0.15) is 5.10 Å². The third kappa shape index (κ3) is 6.61. The van der Waals surface area contributed by atoms with E-state index in [4.69, 9.17) is 4.74 Å². The first kappa shape index (κ1) is 23.0. The quantitative estimate of drug-likeness (QED) is 0.493. The predicted octanol–water partition coefficient (Wildman–Crippen LogP) is 2.15. The molecular formula is C20H37N7O2. The number of nitrogens with zero attached hydrogens (tertiary/aromatic N) is 4. The summed E-state index contributed by atoms with van der Waals surface area (Å²) >= 11 is 0. The second-order valence-electron chi connectivity index (χ2n) is 8.68. The Hall–Kier alpha value is -2.32. The molecule has 29 heavy (non-hydrogen) atoms. The summed E-state index contributed by atoms with van der Waals surface area (Å²) in [5, 5.41) is 14.4. The molecule has 1 aromatic rings. The number of rotatable bonds is 6. The summed E-state index contributed by atoms with van der Waals surface area (Å²) in [6, 6.07) is 0.228. The highest BCUT2D eigenvalue weighted by Crippen LogP contribution is 2.17. The molecule has 9 nitrogen and oxygen atoms in total. The van der Waals surface area contributed by atoms with Gasteiger partial charge in [-0.15, -0.1) is 0 Å². The molecule has 0 spiro atoms. The van der Waals surface area contributed by atoms with Crippen LogP contribution in [-0.4, -0.2) is 57.6 Å². The lowest BCUT2D eigenvalue weighted by Crippen LogP contribution is -2.58. The van der Waals surface area contributed by atoms with Crippen LogP contribution >= 0.6 is 0 Å². The van der Waals surface area contributed by atoms with Gasteiger partial charge in [-0.3, -0.25) is 4.99 Å². The number of hydrogen-bond donors (Lipinski definition) is 3. The highest BCUT2D eigenvalue weighted by atomic mass is 16.6. The molecule has 1 atom stereocenters. The number of aromatic nitrogens is 3. The summed E-state index contributed by atoms with van der Waals surface area (Å²) in [5.41, 5.74) is -0.940. The summed E-state index contributed by atoms with van der Waals surface area (Å²) in [4.78, 5) is 21.1. The van der Waals surface area contributed by atoms with E-state index in [2.05, 4.69) is 44.9 Å². The molecule has 2 heterocycles. The number of amides is 1. The average molecular weight is 408 g/mol. The van der Waals surface area contributed by atoms with Gasteiger partial charge in [0, 0.05) is 26.1 Å². The molecule has 1 unspecified atom stereocenters. The van der Waals surface area contributed by atoms with Gasteiger partial charge >= 0.3 is 6.09 Å². The van der Waals surface area contributed by atoms with Crippen LogP contribution in [0.15, 0.2) is 4.99 Å². The van der Waals surface area contributed by atoms with E-state index in [9.17, 15) is 4.79 Å². The zero-order chi connectivity index (χ0) is 21.7. The third-order valence-electron chi connectivity index (χ3n) is 5.24. The minimum atomic E-state index is -0.526. The van der Waals surface area contributed by atoms with E-state index in [-0.39, 0.29) is 6.04 Å². The van der Waals surface area contributed by atoms with Crippen LogP contribution in [0.25, 0.3) is 0 Å². The molecule has 1 aromatic heterocycles. The highest BCUT2D eigenvalue weighted by Gasteiger charge is 2.31. The van der Waals surface area contributed by atoms with E-state index in [1.54, 1.807) is 7.05 Å². The van der Waals surface area contributed by atoms with Crippen LogP contribution in [0.4, 0.5) is 4.79 Å². The van der Waals surface area contributed by atoms with Crippen LogP contribution in [0, 0.1) is 6.92 Å². The van der Waals surface area contributed by atoms with Gasteiger partial charge < -0.3 is 20.7 Å². The summed E-state index contributed by atoms with van der Waals surface area (Å²) in [6.07, 6.45) is 3.02. The van der Waals surface area contributed by atoms with Crippen molar-refractivity contribution in [2.24, 2.45) is 4.99 Å². The van der Waals surface area contributed by atoms with Crippen LogP contribution < -0.4 is 16.0 Å². The fourth-order valence-corrected chi connectivity index (χ4v) is 3.43. The molecule has 1 aliphatic rings. The average Bonchev–Trinajstić information content (AvgIpc) is 3.01. The number of ether oxygens (including phenoxy) is 1. The molecule has 0 aliphatic carbocycles. The minimum absolute atomic E-state index is 0.228. The Balaban J connectivity index is 1.94. The van der Waals surface area contributed by atoms with Crippen LogP contribution in [0.1, 0.15) is 65.5 Å². The van der Waals surface area contributed by atoms with E-state index in [0.717, 1.165) is 43.9 Å². The van der Waals surface area contributed by atoms with Crippen molar-refractivity contribution >= 4 is 12.1 Å². The van der Waals surface area contributed by atoms with E-state index in [0.29, 0.717) is 12.5 Å². The molecule has 0 saturated heterocycles. The van der Waals surface area contributed by atoms with E-state index >= 15 is 0 Å². The number of carbonyl (C=O) groups excluding carboxylic acids is 1. The number of aryl methyl sites for hydroxylation is 2. The van der Waals surface area contributed by atoms with Gasteiger partial charge in [-0.25, -0.2) is 14.5 Å². The number of guanidine groups is 1. The van der Waals surface area contributed by atoms with E-state index in [1.807, 2.05) is 32.4 Å². The Labute approximate surface area is 174 Å². The number of fused-ring (bicyclic) bond motifs is 1. The fourth-order valence-electron chi connectivity index (χ4n) is 3.43. The lowest BCUT2D eigenvalue weighted by Gasteiger charge is -2.35. The van der Waals surface area contributed by atoms with Gasteiger partial charge in [0.15, 0.2) is 5.96 Å². The van der Waals surface area contributed by atoms with Crippen LogP contribution in [0.3, 0.4) is 0 Å². The van der Waals surface area contributed by atoms with Crippen LogP contribution in [0.5, 0.6) is 0 Å². The van der Waals surface area contributed by atoms with Crippen molar-refractivity contribution in [1.82, 2.24) is 30.7 Å². The molecule has 1 amide bonds. The molecule has 1 aliphatic heterocycles. The van der Waals surface area contributed by atoms with Crippen molar-refractivity contribution in [2.75, 3.05) is 13.6 Å². The zero-order valence-corrected chi connectivity index (χ0v) is 18.9. The molecule has 0 fully saturated rings. The first-order chi connectivity index (χ1) is 13.6. The van der Waals surface area contributed by atoms with Crippen LogP contribution in [-0.2, 0) is 17.7 Å². The molecule has 0 radical (unpaired) electrons. The molecule has 2 rings (SSSR count). The predicted molar refractivity (Wildman–Crippen MR) is 114 cm³/mol. The van der Waals surface area contributed by atoms with Crippen molar-refractivity contribution in [1.29, 1.82) is 0 Å². The second-order valence-corrected chi connectivity index (χ2v) is 8.68. The molecule has 0 saturated carbocycles. The Morgan fingerprint density at radius 2 is 2.00 bits per heavy atom. The molecule has 164 valence electrons. The summed E-state index contributed by atoms with van der Waals surface area (Å²) in [5.74, 6) is 2.57. The molecule has 0 aromatic carbocycles. The first-order valence-corrected chi connectivity index (χ1v) is 10.5. The lowest BCUT2D eigenvalue weighted by molar-refractivity contribution is 0.0448. The molecular weight excluding hydrogens is 370 g/mol. The lowest BCUT2D eigenvalue weighted by atomic mass is 9.93. The van der Waals surface area contributed by atoms with Gasteiger partial charge in [0.2, 0.25) is 0 Å². The fraction of sp³-hybridized carbons (Fsp3) is 0.800. The van der Waals surface area contributed by atoms with Crippen molar-refractivity contribution in [3.63, 3.8) is 0 Å². The number of carbonyl (C=O) groups is 1. The maximum atomic E-state index is 12.3. The van der Waals surface area contributed by atoms with Gasteiger partial charge in [0.1, 0.15) is 17.2 Å². The Morgan fingerprint density at radius 3 is 2.59 bits per heavy atom. The van der Waals surface area contributed by atoms with Crippen molar-refractivity contribution in [3.05, 3.63) is 11.6 Å². The van der Waals surface area contributed by atoms with Gasteiger partial charge in [0.25, 0.3) is 0 Å². The van der Waals surface area contributed by atoms with E-state index in [1.165, 1.54) is 0 Å². The minimum Gasteiger partial charge on any atom is -0.444 e. The maximum absolute atomic E-state index is 12.3. The largest absolute Gasteiger partial charge is 0.444 e. The SMILES string of the molecule is CCC(CC)(CNC(=NC)NC1CCc2nc(C)nn2C1)NC(=O)OC(C)(C)C. The normalized spacial score (nSPS) is 17.5. The Morgan fingerprint density at radius 1 is 1.31 bits per heavy atom. The third-order valence-corrected chi connectivity index (χ3v) is 5.24. The molecule has 0 bridgehead atoms. The van der Waals surface area contributed by atoms with E-state index < -0.39 is 17.2 Å². The molecule has 3 N–H and O–H groups in total. The first-order valence-electron chi connectivity index (χ1n) is 10.5. The van der Waals surface area contributed by atoms with Crippen molar-refractivity contribution in [2.45, 2.75) is 91.0 Å². The number of aliphatic imine (C=N–C) groups is 1. The maximum Gasteiger partial charge on any atom is 0.408 e. The molecule has 9 heteroatoms. The Bertz CT molecular complexity index is 717. The summed E-state index contributed by atoms with van der Waals surface area (Å²) in [7, 11) is 1.75. The second kappa shape index (κ2) is 9.45. The summed E-state index contributed by atoms with van der Waals surface area (Å²) < 4.78 is 7.42. The zero-order valence-electron chi connectivity index (χ0n) is 18.9. The monoisotopic (exact) mass is 407 g/mol. The number of hydrogen-bond acceptors (Lipinski definition) is 5. The smallest absolute Gasteiger partial charge is 0.408 e. The number of nitrogens with one attached hydrogen (secondary N) is 3. The van der Waals surface area contributed by atoms with Crippen molar-refractivity contribution < 1.29 is 9.53 Å². The van der Waals surface area contributed by atoms with Gasteiger partial charge in [-0.05, 0) is 47.0 Å². The summed E-state index contributed by atoms with van der Waals surface area (Å²) in [6.45, 7) is 13.0. The topological polar surface area (TPSA) is 105 Å². The van der Waals surface area contributed by atoms with Crippen LogP contribution in [0.2, 0.25) is 0 Å². The van der Waals surface area contributed by atoms with Gasteiger partial charge in [0.05, 0.1) is 12.1 Å². The van der Waals surface area contributed by atoms with Gasteiger partial charge in [-0.1, -0.05) is 13.8 Å². The highest BCUT2D eigenvalue weighted by molar-refractivity contribution is 5.80. The standard InChI is InChI=1S/C20H37N7O2/c1-8-20(9-2,25-18(28)29-19(4,5)6)13-22-17(21-7)24-15-10-11-16-23-14(3)26-27(16)12-15/h15H,8-13H2,1-7H3,(H,25,28)(H2,21,22,24). The Kier molecular flexibility index (Phi) is 7.48. The van der Waals surface area contributed by atoms with Crippen molar-refractivity contribution in [3.8, 4) is 0 Å². The number of alkyl carbamates (subject to hydrolysis) is 1.